The molecule has 0 bridgehead atoms. The number of hydrogen-bond acceptors (Lipinski definition) is 2. The molecule has 0 spiro atoms. The van der Waals surface area contributed by atoms with Crippen molar-refractivity contribution in [2.24, 2.45) is 0 Å². The summed E-state index contributed by atoms with van der Waals surface area (Å²) in [5.41, 5.74) is 2.01. The summed E-state index contributed by atoms with van der Waals surface area (Å²) in [6.07, 6.45) is 0. The molecule has 0 amide bonds. The van der Waals surface area contributed by atoms with Crippen molar-refractivity contribution in [1.82, 2.24) is 14.8 Å². The Morgan fingerprint density at radius 3 is 2.37 bits per heavy atom. The molecule has 0 atom stereocenters. The van der Waals surface area contributed by atoms with Gasteiger partial charge in [0.25, 0.3) is 0 Å². The Balaban J connectivity index is 0.00000133. The second kappa shape index (κ2) is 5.94. The molecule has 0 aliphatic carbocycles. The van der Waals surface area contributed by atoms with Crippen LogP contribution in [0.4, 0.5) is 0 Å². The summed E-state index contributed by atoms with van der Waals surface area (Å²) in [5, 5.41) is 8.41. The third kappa shape index (κ3) is 2.66. The van der Waals surface area contributed by atoms with Gasteiger partial charge in [0.05, 0.1) is 5.82 Å². The largest absolute Gasteiger partial charge is 0.320 e. The van der Waals surface area contributed by atoms with E-state index in [-0.39, 0.29) is 21.1 Å². The second-order valence-electron chi connectivity index (χ2n) is 4.02. The molecule has 3 aromatic rings. The molecule has 1 heterocycles. The molecule has 3 rings (SSSR count). The molecule has 2 aromatic carbocycles. The van der Waals surface area contributed by atoms with Crippen molar-refractivity contribution in [3.05, 3.63) is 66.5 Å². The maximum Gasteiger partial charge on any atom is 0.125 e. The number of hydrogen-bond donors (Lipinski definition) is 0. The summed E-state index contributed by atoms with van der Waals surface area (Å²) in [5.74, 6) is 1.69. The molecular formula is C15H12N3Pt-. The topological polar surface area (TPSA) is 30.7 Å². The van der Waals surface area contributed by atoms with Crippen molar-refractivity contribution in [1.29, 1.82) is 0 Å². The summed E-state index contributed by atoms with van der Waals surface area (Å²) in [6.45, 7) is 1.95. The van der Waals surface area contributed by atoms with E-state index in [2.05, 4.69) is 16.3 Å². The van der Waals surface area contributed by atoms with Crippen LogP contribution in [-0.2, 0) is 21.1 Å². The standard InChI is InChI=1S/C15H12N3.Pt/c1-12-16-17-15(13-8-4-2-5-9-13)18(12)14-10-6-3-7-11-14;/h2-8,10-11H,1H3;/q-1;. The van der Waals surface area contributed by atoms with Gasteiger partial charge in [-0.15, -0.1) is 41.0 Å². The zero-order valence-corrected chi connectivity index (χ0v) is 12.6. The molecule has 4 heteroatoms. The minimum Gasteiger partial charge on any atom is -0.320 e. The van der Waals surface area contributed by atoms with Crippen LogP contribution >= 0.6 is 0 Å². The summed E-state index contributed by atoms with van der Waals surface area (Å²) in [7, 11) is 0. The zero-order chi connectivity index (χ0) is 12.4. The molecular weight excluding hydrogens is 417 g/mol. The second-order valence-corrected chi connectivity index (χ2v) is 4.02. The fourth-order valence-corrected chi connectivity index (χ4v) is 1.96. The first-order chi connectivity index (χ1) is 8.86. The molecule has 0 saturated heterocycles. The SMILES string of the molecule is Cc1nnc(-c2[c-]cccc2)n1-c1ccccc1.[Pt]. The number of rotatable bonds is 2. The number of aromatic nitrogens is 3. The van der Waals surface area contributed by atoms with Gasteiger partial charge in [0.1, 0.15) is 5.82 Å². The summed E-state index contributed by atoms with van der Waals surface area (Å²) in [6, 6.07) is 21.1. The molecule has 0 unspecified atom stereocenters. The number of para-hydroxylation sites is 1. The smallest absolute Gasteiger partial charge is 0.125 e. The maximum absolute atomic E-state index is 4.24. The third-order valence-electron chi connectivity index (χ3n) is 2.79. The number of nitrogens with zero attached hydrogens (tertiary/aromatic N) is 3. The molecule has 19 heavy (non-hydrogen) atoms. The summed E-state index contributed by atoms with van der Waals surface area (Å²) >= 11 is 0. The van der Waals surface area contributed by atoms with Gasteiger partial charge in [-0.05, 0) is 19.1 Å². The van der Waals surface area contributed by atoms with Crippen molar-refractivity contribution in [2.45, 2.75) is 6.92 Å². The number of aryl methyl sites for hydroxylation is 1. The Kier molecular flexibility index (Phi) is 4.28. The van der Waals surface area contributed by atoms with Gasteiger partial charge in [-0.1, -0.05) is 18.2 Å². The molecule has 0 N–H and O–H groups in total. The van der Waals surface area contributed by atoms with Crippen LogP contribution in [0.2, 0.25) is 0 Å². The fraction of sp³-hybridized carbons (Fsp3) is 0.0667. The van der Waals surface area contributed by atoms with Crippen LogP contribution in [0.15, 0.2) is 54.6 Å². The molecule has 98 valence electrons. The molecule has 0 saturated carbocycles. The third-order valence-corrected chi connectivity index (χ3v) is 2.79. The quantitative estimate of drug-likeness (QED) is 0.587. The van der Waals surface area contributed by atoms with Crippen molar-refractivity contribution < 1.29 is 21.1 Å². The van der Waals surface area contributed by atoms with Crippen LogP contribution < -0.4 is 0 Å². The number of benzene rings is 2. The van der Waals surface area contributed by atoms with Crippen LogP contribution in [0.25, 0.3) is 17.1 Å². The van der Waals surface area contributed by atoms with E-state index in [0.717, 1.165) is 22.9 Å². The predicted octanol–water partition coefficient (Wildman–Crippen LogP) is 3.04. The van der Waals surface area contributed by atoms with E-state index >= 15 is 0 Å². The molecule has 0 radical (unpaired) electrons. The molecule has 0 aliphatic rings. The predicted molar refractivity (Wildman–Crippen MR) is 70.4 cm³/mol. The van der Waals surface area contributed by atoms with Crippen molar-refractivity contribution in [3.63, 3.8) is 0 Å². The minimum atomic E-state index is 0. The first-order valence-corrected chi connectivity index (χ1v) is 5.81. The van der Waals surface area contributed by atoms with E-state index in [4.69, 9.17) is 0 Å². The van der Waals surface area contributed by atoms with Gasteiger partial charge in [0.15, 0.2) is 0 Å². The Bertz CT molecular complexity index is 648. The van der Waals surface area contributed by atoms with Crippen LogP contribution in [-0.4, -0.2) is 14.8 Å². The van der Waals surface area contributed by atoms with E-state index in [0.29, 0.717) is 0 Å². The first-order valence-electron chi connectivity index (χ1n) is 5.81. The van der Waals surface area contributed by atoms with Crippen LogP contribution in [0, 0.1) is 13.0 Å². The maximum atomic E-state index is 4.24. The Hall–Kier alpha value is -1.73. The fourth-order valence-electron chi connectivity index (χ4n) is 1.96. The van der Waals surface area contributed by atoms with Gasteiger partial charge < -0.3 is 4.57 Å². The van der Waals surface area contributed by atoms with Gasteiger partial charge in [-0.2, -0.15) is 5.10 Å². The van der Waals surface area contributed by atoms with Gasteiger partial charge in [0.2, 0.25) is 0 Å². The molecule has 0 aliphatic heterocycles. The molecule has 1 aromatic heterocycles. The van der Waals surface area contributed by atoms with Crippen LogP contribution in [0.1, 0.15) is 5.82 Å². The Morgan fingerprint density at radius 1 is 0.947 bits per heavy atom. The van der Waals surface area contributed by atoms with Gasteiger partial charge >= 0.3 is 0 Å². The van der Waals surface area contributed by atoms with E-state index in [1.165, 1.54) is 0 Å². The first kappa shape index (κ1) is 13.7. The van der Waals surface area contributed by atoms with Crippen molar-refractivity contribution in [2.75, 3.05) is 0 Å². The Labute approximate surface area is 126 Å². The molecule has 3 nitrogen and oxygen atoms in total. The van der Waals surface area contributed by atoms with Crippen molar-refractivity contribution >= 4 is 0 Å². The van der Waals surface area contributed by atoms with Gasteiger partial charge in [-0.25, -0.2) is 0 Å². The van der Waals surface area contributed by atoms with Gasteiger partial charge in [0, 0.05) is 26.8 Å². The van der Waals surface area contributed by atoms with E-state index in [1.807, 2.05) is 66.1 Å². The van der Waals surface area contributed by atoms with Crippen LogP contribution in [0.3, 0.4) is 0 Å². The van der Waals surface area contributed by atoms with Crippen LogP contribution in [0.5, 0.6) is 0 Å². The normalized spacial score (nSPS) is 9.95. The summed E-state index contributed by atoms with van der Waals surface area (Å²) in [4.78, 5) is 0. The molecule has 0 fully saturated rings. The zero-order valence-electron chi connectivity index (χ0n) is 10.4. The van der Waals surface area contributed by atoms with Crippen molar-refractivity contribution in [3.8, 4) is 17.1 Å². The van der Waals surface area contributed by atoms with Gasteiger partial charge in [-0.3, -0.25) is 0 Å². The summed E-state index contributed by atoms with van der Waals surface area (Å²) < 4.78 is 2.03. The minimum absolute atomic E-state index is 0. The van der Waals surface area contributed by atoms with E-state index < -0.39 is 0 Å². The van der Waals surface area contributed by atoms with E-state index in [9.17, 15) is 0 Å². The average molecular weight is 429 g/mol. The average Bonchev–Trinajstić information content (AvgIpc) is 2.83. The van der Waals surface area contributed by atoms with E-state index in [1.54, 1.807) is 0 Å². The monoisotopic (exact) mass is 429 g/mol. The Morgan fingerprint density at radius 2 is 1.68 bits per heavy atom.